The fourth-order valence-corrected chi connectivity index (χ4v) is 3.02. The van der Waals surface area contributed by atoms with Crippen LogP contribution in [0.5, 0.6) is 5.88 Å². The molecular formula is C20H20N4O2. The third kappa shape index (κ3) is 3.74. The third-order valence-electron chi connectivity index (χ3n) is 4.51. The number of rotatable bonds is 5. The van der Waals surface area contributed by atoms with Crippen molar-refractivity contribution in [1.82, 2.24) is 14.9 Å². The minimum Gasteiger partial charge on any atom is -0.478 e. The maximum absolute atomic E-state index is 12.1. The molecule has 0 radical (unpaired) electrons. The first-order valence-electron chi connectivity index (χ1n) is 8.72. The Labute approximate surface area is 151 Å². The van der Waals surface area contributed by atoms with Gasteiger partial charge in [0.25, 0.3) is 0 Å². The molecule has 1 saturated heterocycles. The average Bonchev–Trinajstić information content (AvgIpc) is 2.64. The molecule has 3 heterocycles. The summed E-state index contributed by atoms with van der Waals surface area (Å²) in [5, 5.41) is 3.95. The second-order valence-corrected chi connectivity index (χ2v) is 6.42. The average molecular weight is 348 g/mol. The number of benzene rings is 1. The molecule has 0 unspecified atom stereocenters. The first-order valence-corrected chi connectivity index (χ1v) is 8.72. The zero-order chi connectivity index (χ0) is 17.8. The van der Waals surface area contributed by atoms with Gasteiger partial charge in [0.15, 0.2) is 0 Å². The monoisotopic (exact) mass is 348 g/mol. The van der Waals surface area contributed by atoms with Gasteiger partial charge < -0.3 is 15.0 Å². The van der Waals surface area contributed by atoms with Gasteiger partial charge in [-0.1, -0.05) is 18.2 Å². The van der Waals surface area contributed by atoms with Crippen LogP contribution in [0.4, 0.5) is 10.5 Å². The number of ether oxygens (including phenoxy) is 1. The Balaban J connectivity index is 1.20. The minimum absolute atomic E-state index is 0.0774. The highest BCUT2D eigenvalue weighted by Gasteiger charge is 2.30. The lowest BCUT2D eigenvalue weighted by molar-refractivity contribution is 0.112. The maximum Gasteiger partial charge on any atom is 0.321 e. The summed E-state index contributed by atoms with van der Waals surface area (Å²) in [5.74, 6) is 1.12. The van der Waals surface area contributed by atoms with E-state index >= 15 is 0 Å². The Morgan fingerprint density at radius 2 is 2.04 bits per heavy atom. The molecule has 1 aliphatic heterocycles. The largest absolute Gasteiger partial charge is 0.478 e. The Hall–Kier alpha value is -3.15. The van der Waals surface area contributed by atoms with Crippen LogP contribution < -0.4 is 10.1 Å². The SMILES string of the molecule is O=C(Nc1cccnc1)N1CC(CCOc2ccc3ccccc3n2)C1. The second kappa shape index (κ2) is 7.39. The van der Waals surface area contributed by atoms with Crippen molar-refractivity contribution in [2.45, 2.75) is 6.42 Å². The lowest BCUT2D eigenvalue weighted by Gasteiger charge is -2.39. The van der Waals surface area contributed by atoms with Gasteiger partial charge in [0.05, 0.1) is 24.0 Å². The molecule has 0 aliphatic carbocycles. The highest BCUT2D eigenvalue weighted by molar-refractivity contribution is 5.89. The molecule has 1 aromatic carbocycles. The Morgan fingerprint density at radius 3 is 2.88 bits per heavy atom. The van der Waals surface area contributed by atoms with E-state index in [9.17, 15) is 4.79 Å². The number of carbonyl (C=O) groups is 1. The Bertz CT molecular complexity index is 894. The molecule has 0 spiro atoms. The molecule has 2 aromatic heterocycles. The molecule has 1 fully saturated rings. The summed E-state index contributed by atoms with van der Waals surface area (Å²) in [6, 6.07) is 15.4. The van der Waals surface area contributed by atoms with Gasteiger partial charge in [-0.25, -0.2) is 9.78 Å². The number of hydrogen-bond acceptors (Lipinski definition) is 4. The zero-order valence-electron chi connectivity index (χ0n) is 14.3. The quantitative estimate of drug-likeness (QED) is 0.765. The number of hydrogen-bond donors (Lipinski definition) is 1. The lowest BCUT2D eigenvalue weighted by atomic mass is 9.97. The van der Waals surface area contributed by atoms with Crippen molar-refractivity contribution in [2.24, 2.45) is 5.92 Å². The number of aromatic nitrogens is 2. The molecule has 0 bridgehead atoms. The van der Waals surface area contributed by atoms with Gasteiger partial charge in [-0.05, 0) is 36.6 Å². The first-order chi connectivity index (χ1) is 12.8. The molecule has 1 N–H and O–H groups in total. The summed E-state index contributed by atoms with van der Waals surface area (Å²) in [5.41, 5.74) is 1.65. The van der Waals surface area contributed by atoms with E-state index < -0.39 is 0 Å². The molecular weight excluding hydrogens is 328 g/mol. The number of pyridine rings is 2. The third-order valence-corrected chi connectivity index (χ3v) is 4.51. The number of fused-ring (bicyclic) bond motifs is 1. The molecule has 6 heteroatoms. The highest BCUT2D eigenvalue weighted by Crippen LogP contribution is 2.21. The van der Waals surface area contributed by atoms with Gasteiger partial charge in [0, 0.05) is 30.7 Å². The summed E-state index contributed by atoms with van der Waals surface area (Å²) in [4.78, 5) is 22.4. The van der Waals surface area contributed by atoms with E-state index in [4.69, 9.17) is 4.74 Å². The van der Waals surface area contributed by atoms with Crippen LogP contribution in [0.1, 0.15) is 6.42 Å². The molecule has 0 saturated carbocycles. The first kappa shape index (κ1) is 16.3. The topological polar surface area (TPSA) is 67.4 Å². The number of para-hydroxylation sites is 1. The van der Waals surface area contributed by atoms with Crippen LogP contribution in [0, 0.1) is 5.92 Å². The molecule has 4 rings (SSSR count). The standard InChI is InChI=1S/C20H20N4O2/c25-20(22-17-5-3-10-21-12-17)24-13-15(14-24)9-11-26-19-8-7-16-4-1-2-6-18(16)23-19/h1-8,10,12,15H,9,11,13-14H2,(H,22,25). The van der Waals surface area contributed by atoms with Crippen molar-refractivity contribution in [2.75, 3.05) is 25.0 Å². The molecule has 6 nitrogen and oxygen atoms in total. The van der Waals surface area contributed by atoms with Crippen LogP contribution in [-0.4, -0.2) is 40.6 Å². The van der Waals surface area contributed by atoms with Gasteiger partial charge in [-0.15, -0.1) is 0 Å². The normalized spacial score (nSPS) is 14.1. The van der Waals surface area contributed by atoms with E-state index in [0.717, 1.165) is 30.4 Å². The second-order valence-electron chi connectivity index (χ2n) is 6.42. The smallest absolute Gasteiger partial charge is 0.321 e. The van der Waals surface area contributed by atoms with Crippen LogP contribution in [0.15, 0.2) is 60.9 Å². The predicted molar refractivity (Wildman–Crippen MR) is 100 cm³/mol. The number of nitrogens with zero attached hydrogens (tertiary/aromatic N) is 3. The van der Waals surface area contributed by atoms with Gasteiger partial charge in [0.2, 0.25) is 5.88 Å². The molecule has 26 heavy (non-hydrogen) atoms. The zero-order valence-corrected chi connectivity index (χ0v) is 14.3. The van der Waals surface area contributed by atoms with Crippen LogP contribution in [0.2, 0.25) is 0 Å². The van der Waals surface area contributed by atoms with Crippen molar-refractivity contribution in [1.29, 1.82) is 0 Å². The van der Waals surface area contributed by atoms with Crippen LogP contribution in [0.25, 0.3) is 10.9 Å². The van der Waals surface area contributed by atoms with E-state index in [0.29, 0.717) is 24.1 Å². The lowest BCUT2D eigenvalue weighted by Crippen LogP contribution is -2.52. The number of nitrogens with one attached hydrogen (secondary N) is 1. The predicted octanol–water partition coefficient (Wildman–Crippen LogP) is 3.56. The van der Waals surface area contributed by atoms with Gasteiger partial charge in [-0.3, -0.25) is 4.98 Å². The van der Waals surface area contributed by atoms with Crippen LogP contribution in [0.3, 0.4) is 0 Å². The molecule has 0 atom stereocenters. The molecule has 132 valence electrons. The summed E-state index contributed by atoms with van der Waals surface area (Å²) in [7, 11) is 0. The fourth-order valence-electron chi connectivity index (χ4n) is 3.02. The van der Waals surface area contributed by atoms with Gasteiger partial charge >= 0.3 is 6.03 Å². The van der Waals surface area contributed by atoms with E-state index in [1.54, 1.807) is 23.4 Å². The Morgan fingerprint density at radius 1 is 1.15 bits per heavy atom. The minimum atomic E-state index is -0.0774. The van der Waals surface area contributed by atoms with Crippen molar-refractivity contribution in [3.05, 3.63) is 60.9 Å². The molecule has 3 aromatic rings. The summed E-state index contributed by atoms with van der Waals surface area (Å²) in [6.07, 6.45) is 4.23. The summed E-state index contributed by atoms with van der Waals surface area (Å²) >= 11 is 0. The van der Waals surface area contributed by atoms with Crippen molar-refractivity contribution >= 4 is 22.6 Å². The molecule has 1 aliphatic rings. The number of likely N-dealkylation sites (tertiary alicyclic amines) is 1. The van der Waals surface area contributed by atoms with Crippen molar-refractivity contribution in [3.8, 4) is 5.88 Å². The number of amides is 2. The van der Waals surface area contributed by atoms with Crippen LogP contribution in [-0.2, 0) is 0 Å². The van der Waals surface area contributed by atoms with Gasteiger partial charge in [-0.2, -0.15) is 0 Å². The number of urea groups is 1. The van der Waals surface area contributed by atoms with E-state index in [1.165, 1.54) is 0 Å². The van der Waals surface area contributed by atoms with E-state index in [-0.39, 0.29) is 6.03 Å². The van der Waals surface area contributed by atoms with E-state index in [1.807, 2.05) is 42.5 Å². The van der Waals surface area contributed by atoms with Gasteiger partial charge in [0.1, 0.15) is 0 Å². The fraction of sp³-hybridized carbons (Fsp3) is 0.250. The van der Waals surface area contributed by atoms with Crippen molar-refractivity contribution < 1.29 is 9.53 Å². The highest BCUT2D eigenvalue weighted by atomic mass is 16.5. The Kier molecular flexibility index (Phi) is 4.64. The summed E-state index contributed by atoms with van der Waals surface area (Å²) in [6.45, 7) is 2.11. The van der Waals surface area contributed by atoms with E-state index in [2.05, 4.69) is 15.3 Å². The molecule has 2 amide bonds. The number of carbonyl (C=O) groups excluding carboxylic acids is 1. The van der Waals surface area contributed by atoms with Crippen LogP contribution >= 0.6 is 0 Å². The number of anilines is 1. The van der Waals surface area contributed by atoms with Crippen molar-refractivity contribution in [3.63, 3.8) is 0 Å². The maximum atomic E-state index is 12.1. The summed E-state index contributed by atoms with van der Waals surface area (Å²) < 4.78 is 5.77.